The number of rotatable bonds is 7. The van der Waals surface area contributed by atoms with Crippen molar-refractivity contribution in [2.75, 3.05) is 21.3 Å². The van der Waals surface area contributed by atoms with Gasteiger partial charge in [0.05, 0.1) is 21.3 Å². The van der Waals surface area contributed by atoms with E-state index in [-0.39, 0.29) is 12.0 Å². The van der Waals surface area contributed by atoms with Crippen molar-refractivity contribution in [1.82, 2.24) is 5.32 Å². The van der Waals surface area contributed by atoms with Gasteiger partial charge in [0.2, 0.25) is 5.75 Å². The summed E-state index contributed by atoms with van der Waals surface area (Å²) in [4.78, 5) is 23.1. The minimum absolute atomic E-state index is 0.226. The van der Waals surface area contributed by atoms with Gasteiger partial charge in [0.25, 0.3) is 5.91 Å². The van der Waals surface area contributed by atoms with Crippen LogP contribution in [0.1, 0.15) is 23.7 Å². The number of carboxylic acids is 1. The fraction of sp³-hybridized carbons (Fsp3) is 0.429. The first-order chi connectivity index (χ1) is 9.98. The SMILES string of the molecule is CC[C@H](NC(=O)c1cc(OC)c(OC)c(OC)c1)C(=O)O. The molecular weight excluding hydrogens is 278 g/mol. The van der Waals surface area contributed by atoms with Crippen LogP contribution in [0.15, 0.2) is 12.1 Å². The molecule has 0 saturated carbocycles. The van der Waals surface area contributed by atoms with Crippen molar-refractivity contribution in [3.8, 4) is 17.2 Å². The third kappa shape index (κ3) is 3.77. The van der Waals surface area contributed by atoms with Crippen molar-refractivity contribution in [2.45, 2.75) is 19.4 Å². The van der Waals surface area contributed by atoms with Crippen molar-refractivity contribution in [3.63, 3.8) is 0 Å². The van der Waals surface area contributed by atoms with Crippen molar-refractivity contribution >= 4 is 11.9 Å². The molecule has 7 heteroatoms. The lowest BCUT2D eigenvalue weighted by Gasteiger charge is -2.16. The molecule has 1 atom stereocenters. The predicted molar refractivity (Wildman–Crippen MR) is 75.3 cm³/mol. The van der Waals surface area contributed by atoms with E-state index in [0.29, 0.717) is 17.2 Å². The molecule has 1 amide bonds. The van der Waals surface area contributed by atoms with E-state index in [1.165, 1.54) is 33.5 Å². The van der Waals surface area contributed by atoms with E-state index in [2.05, 4.69) is 5.32 Å². The van der Waals surface area contributed by atoms with Crippen LogP contribution in [0.3, 0.4) is 0 Å². The Hall–Kier alpha value is -2.44. The Kier molecular flexibility index (Phi) is 5.83. The van der Waals surface area contributed by atoms with Gasteiger partial charge in [-0.1, -0.05) is 6.92 Å². The number of hydrogen-bond donors (Lipinski definition) is 2. The first kappa shape index (κ1) is 16.6. The first-order valence-electron chi connectivity index (χ1n) is 6.32. The highest BCUT2D eigenvalue weighted by Gasteiger charge is 2.21. The van der Waals surface area contributed by atoms with Crippen LogP contribution >= 0.6 is 0 Å². The number of carbonyl (C=O) groups is 2. The van der Waals surface area contributed by atoms with Gasteiger partial charge >= 0.3 is 5.97 Å². The van der Waals surface area contributed by atoms with Gasteiger partial charge in [0.15, 0.2) is 11.5 Å². The lowest BCUT2D eigenvalue weighted by molar-refractivity contribution is -0.139. The second-order valence-electron chi connectivity index (χ2n) is 4.19. The third-order valence-corrected chi connectivity index (χ3v) is 2.94. The highest BCUT2D eigenvalue weighted by Crippen LogP contribution is 2.38. The number of benzene rings is 1. The summed E-state index contributed by atoms with van der Waals surface area (Å²) in [6, 6.07) is 1.98. The number of carbonyl (C=O) groups excluding carboxylic acids is 1. The van der Waals surface area contributed by atoms with E-state index in [1.807, 2.05) is 0 Å². The van der Waals surface area contributed by atoms with E-state index in [0.717, 1.165) is 0 Å². The average molecular weight is 297 g/mol. The molecule has 1 aromatic rings. The lowest BCUT2D eigenvalue weighted by Crippen LogP contribution is -2.40. The zero-order valence-electron chi connectivity index (χ0n) is 12.4. The summed E-state index contributed by atoms with van der Waals surface area (Å²) in [5, 5.41) is 11.4. The number of hydrogen-bond acceptors (Lipinski definition) is 5. The van der Waals surface area contributed by atoms with E-state index in [9.17, 15) is 9.59 Å². The molecule has 0 unspecified atom stereocenters. The molecule has 2 N–H and O–H groups in total. The molecule has 0 saturated heterocycles. The summed E-state index contributed by atoms with van der Waals surface area (Å²) in [5.41, 5.74) is 0.226. The summed E-state index contributed by atoms with van der Waals surface area (Å²) >= 11 is 0. The minimum Gasteiger partial charge on any atom is -0.493 e. The summed E-state index contributed by atoms with van der Waals surface area (Å²) < 4.78 is 15.5. The van der Waals surface area contributed by atoms with Crippen molar-refractivity contribution in [2.24, 2.45) is 0 Å². The smallest absolute Gasteiger partial charge is 0.326 e. The highest BCUT2D eigenvalue weighted by molar-refractivity contribution is 5.97. The molecule has 0 bridgehead atoms. The number of ether oxygens (including phenoxy) is 3. The Bertz CT molecular complexity index is 503. The Balaban J connectivity index is 3.13. The Morgan fingerprint density at radius 2 is 1.67 bits per heavy atom. The van der Waals surface area contributed by atoms with Crippen LogP contribution in [0.25, 0.3) is 0 Å². The molecule has 1 rings (SSSR count). The molecule has 21 heavy (non-hydrogen) atoms. The second-order valence-corrected chi connectivity index (χ2v) is 4.19. The fourth-order valence-corrected chi connectivity index (χ4v) is 1.79. The van der Waals surface area contributed by atoms with E-state index in [4.69, 9.17) is 19.3 Å². The molecule has 0 aromatic heterocycles. The van der Waals surface area contributed by atoms with Crippen molar-refractivity contribution in [3.05, 3.63) is 17.7 Å². The Morgan fingerprint density at radius 1 is 1.14 bits per heavy atom. The second kappa shape index (κ2) is 7.37. The zero-order valence-corrected chi connectivity index (χ0v) is 12.4. The number of methoxy groups -OCH3 is 3. The van der Waals surface area contributed by atoms with Gasteiger partial charge in [-0.25, -0.2) is 4.79 Å². The number of carboxylic acid groups (broad SMARTS) is 1. The summed E-state index contributed by atoms with van der Waals surface area (Å²) in [6.07, 6.45) is 0.283. The normalized spacial score (nSPS) is 11.4. The Morgan fingerprint density at radius 3 is 2.00 bits per heavy atom. The number of amides is 1. The summed E-state index contributed by atoms with van der Waals surface area (Å²) in [6.45, 7) is 1.67. The summed E-state index contributed by atoms with van der Waals surface area (Å²) in [5.74, 6) is -0.598. The topological polar surface area (TPSA) is 94.1 Å². The maximum Gasteiger partial charge on any atom is 0.326 e. The maximum absolute atomic E-state index is 12.1. The molecule has 0 aliphatic rings. The largest absolute Gasteiger partial charge is 0.493 e. The van der Waals surface area contributed by atoms with Crippen LogP contribution in [-0.4, -0.2) is 44.4 Å². The molecular formula is C14H19NO6. The van der Waals surface area contributed by atoms with Crippen LogP contribution in [0.4, 0.5) is 0 Å². The van der Waals surface area contributed by atoms with E-state index >= 15 is 0 Å². The van der Waals surface area contributed by atoms with Crippen molar-refractivity contribution < 1.29 is 28.9 Å². The van der Waals surface area contributed by atoms with Gasteiger partial charge in [0.1, 0.15) is 6.04 Å². The van der Waals surface area contributed by atoms with Crippen LogP contribution in [-0.2, 0) is 4.79 Å². The predicted octanol–water partition coefficient (Wildman–Crippen LogP) is 1.31. The lowest BCUT2D eigenvalue weighted by atomic mass is 10.1. The van der Waals surface area contributed by atoms with E-state index in [1.54, 1.807) is 6.92 Å². The molecule has 0 spiro atoms. The molecule has 0 aliphatic heterocycles. The van der Waals surface area contributed by atoms with Gasteiger partial charge in [-0.05, 0) is 18.6 Å². The van der Waals surface area contributed by atoms with Gasteiger partial charge < -0.3 is 24.6 Å². The van der Waals surface area contributed by atoms with Crippen molar-refractivity contribution in [1.29, 1.82) is 0 Å². The summed E-state index contributed by atoms with van der Waals surface area (Å²) in [7, 11) is 4.33. The standard InChI is InChI=1S/C14H19NO6/c1-5-9(14(17)18)15-13(16)8-6-10(19-2)12(21-4)11(7-8)20-3/h6-7,9H,5H2,1-4H3,(H,15,16)(H,17,18)/t9-/m0/s1. The van der Waals surface area contributed by atoms with Gasteiger partial charge in [0, 0.05) is 5.56 Å². The number of nitrogens with one attached hydrogen (secondary N) is 1. The van der Waals surface area contributed by atoms with Gasteiger partial charge in [-0.2, -0.15) is 0 Å². The molecule has 1 aromatic carbocycles. The monoisotopic (exact) mass is 297 g/mol. The average Bonchev–Trinajstić information content (AvgIpc) is 2.50. The van der Waals surface area contributed by atoms with Gasteiger partial charge in [-0.15, -0.1) is 0 Å². The highest BCUT2D eigenvalue weighted by atomic mass is 16.5. The molecule has 0 heterocycles. The third-order valence-electron chi connectivity index (χ3n) is 2.94. The zero-order chi connectivity index (χ0) is 16.0. The molecule has 7 nitrogen and oxygen atoms in total. The fourth-order valence-electron chi connectivity index (χ4n) is 1.79. The number of aliphatic carboxylic acids is 1. The van der Waals surface area contributed by atoms with Crippen LogP contribution in [0, 0.1) is 0 Å². The van der Waals surface area contributed by atoms with E-state index < -0.39 is 17.9 Å². The molecule has 0 radical (unpaired) electrons. The molecule has 0 aliphatic carbocycles. The maximum atomic E-state index is 12.1. The minimum atomic E-state index is -1.08. The van der Waals surface area contributed by atoms with Crippen LogP contribution in [0.2, 0.25) is 0 Å². The van der Waals surface area contributed by atoms with Crippen LogP contribution in [0.5, 0.6) is 17.2 Å². The quantitative estimate of drug-likeness (QED) is 0.788. The molecule has 116 valence electrons. The van der Waals surface area contributed by atoms with Gasteiger partial charge in [-0.3, -0.25) is 4.79 Å². The molecule has 0 fully saturated rings. The Labute approximate surface area is 122 Å². The first-order valence-corrected chi connectivity index (χ1v) is 6.32. The van der Waals surface area contributed by atoms with Crippen LogP contribution < -0.4 is 19.5 Å².